The molecule has 3 heterocycles. The molecule has 4 rings (SSSR count). The first kappa shape index (κ1) is 23.4. The number of aryl methyl sites for hydroxylation is 1. The predicted molar refractivity (Wildman–Crippen MR) is 124 cm³/mol. The fourth-order valence-corrected chi connectivity index (χ4v) is 5.62. The number of hydrogen-bond donors (Lipinski definition) is 0. The highest BCUT2D eigenvalue weighted by Crippen LogP contribution is 2.25. The van der Waals surface area contributed by atoms with Gasteiger partial charge in [0.2, 0.25) is 10.0 Å². The average molecular weight is 491 g/mol. The van der Waals surface area contributed by atoms with E-state index >= 15 is 0 Å². The van der Waals surface area contributed by atoms with Crippen molar-refractivity contribution in [2.75, 3.05) is 20.6 Å². The van der Waals surface area contributed by atoms with Crippen molar-refractivity contribution in [3.63, 3.8) is 0 Å². The van der Waals surface area contributed by atoms with Gasteiger partial charge in [-0.15, -0.1) is 11.3 Å². The first-order chi connectivity index (χ1) is 15.7. The Labute approximate surface area is 196 Å². The van der Waals surface area contributed by atoms with Crippen LogP contribution in [0.5, 0.6) is 0 Å². The fraction of sp³-hybridized carbons (Fsp3) is 0.409. The van der Waals surface area contributed by atoms with Crippen molar-refractivity contribution >= 4 is 44.3 Å². The highest BCUT2D eigenvalue weighted by molar-refractivity contribution is 7.89. The van der Waals surface area contributed by atoms with Gasteiger partial charge in [0.25, 0.3) is 5.91 Å². The van der Waals surface area contributed by atoms with Crippen molar-refractivity contribution in [3.05, 3.63) is 46.4 Å². The minimum absolute atomic E-state index is 0.0609. The van der Waals surface area contributed by atoms with E-state index in [2.05, 4.69) is 4.98 Å². The van der Waals surface area contributed by atoms with E-state index in [1.807, 2.05) is 22.9 Å². The molecule has 1 amide bonds. The van der Waals surface area contributed by atoms with Crippen LogP contribution in [0, 0.1) is 0 Å². The van der Waals surface area contributed by atoms with Crippen LogP contribution in [0.15, 0.2) is 40.6 Å². The number of amides is 1. The molecule has 0 spiro atoms. The van der Waals surface area contributed by atoms with Crippen molar-refractivity contribution in [1.82, 2.24) is 18.8 Å². The maximum Gasteiger partial charge on any atom is 0.329 e. The number of thiophene rings is 1. The van der Waals surface area contributed by atoms with Crippen LogP contribution in [0.2, 0.25) is 0 Å². The Bertz CT molecular complexity index is 1280. The summed E-state index contributed by atoms with van der Waals surface area (Å²) in [6, 6.07) is 7.74. The number of esters is 1. The average Bonchev–Trinajstić information content (AvgIpc) is 3.55. The molecule has 0 N–H and O–H groups in total. The van der Waals surface area contributed by atoms with Gasteiger partial charge in [-0.3, -0.25) is 4.79 Å². The third-order valence-corrected chi connectivity index (χ3v) is 8.42. The quantitative estimate of drug-likeness (QED) is 0.472. The van der Waals surface area contributed by atoms with Gasteiger partial charge in [-0.05, 0) is 49.4 Å². The number of ether oxygens (including phenoxy) is 1. The molecule has 1 fully saturated rings. The summed E-state index contributed by atoms with van der Waals surface area (Å²) < 4.78 is 33.5. The van der Waals surface area contributed by atoms with Crippen molar-refractivity contribution in [3.8, 4) is 0 Å². The van der Waals surface area contributed by atoms with E-state index in [0.717, 1.165) is 16.2 Å². The molecule has 2 aromatic heterocycles. The Balaban J connectivity index is 1.52. The number of hydrogen-bond acceptors (Lipinski definition) is 7. The van der Waals surface area contributed by atoms with E-state index in [-0.39, 0.29) is 17.4 Å². The van der Waals surface area contributed by atoms with Crippen LogP contribution in [0.3, 0.4) is 0 Å². The van der Waals surface area contributed by atoms with Crippen LogP contribution >= 0.6 is 11.3 Å². The number of carbonyl (C=O) groups is 2. The summed E-state index contributed by atoms with van der Waals surface area (Å²) in [4.78, 5) is 32.4. The summed E-state index contributed by atoms with van der Waals surface area (Å²) in [5, 5.41) is 1.83. The molecule has 0 unspecified atom stereocenters. The maximum atomic E-state index is 12.8. The van der Waals surface area contributed by atoms with Gasteiger partial charge in [-0.25, -0.2) is 22.5 Å². The van der Waals surface area contributed by atoms with Crippen LogP contribution < -0.4 is 0 Å². The minimum atomic E-state index is -3.59. The first-order valence-corrected chi connectivity index (χ1v) is 13.0. The highest BCUT2D eigenvalue weighted by Gasteiger charge is 2.36. The van der Waals surface area contributed by atoms with Gasteiger partial charge >= 0.3 is 5.97 Å². The summed E-state index contributed by atoms with van der Waals surface area (Å²) >= 11 is 1.35. The molecule has 0 bridgehead atoms. The molecule has 9 nitrogen and oxygen atoms in total. The predicted octanol–water partition coefficient (Wildman–Crippen LogP) is 2.72. The van der Waals surface area contributed by atoms with Gasteiger partial charge in [0, 0.05) is 27.2 Å². The van der Waals surface area contributed by atoms with Crippen molar-refractivity contribution in [1.29, 1.82) is 0 Å². The number of rotatable bonds is 7. The Morgan fingerprint density at radius 1 is 1.27 bits per heavy atom. The Morgan fingerprint density at radius 3 is 2.73 bits per heavy atom. The number of likely N-dealkylation sites (tertiary alicyclic amines) is 1. The molecule has 1 atom stereocenters. The zero-order chi connectivity index (χ0) is 23.8. The number of benzene rings is 1. The van der Waals surface area contributed by atoms with Crippen LogP contribution in [-0.2, 0) is 32.7 Å². The maximum absolute atomic E-state index is 12.8. The molecule has 33 heavy (non-hydrogen) atoms. The summed E-state index contributed by atoms with van der Waals surface area (Å²) in [5.41, 5.74) is 1.28. The van der Waals surface area contributed by atoms with Crippen molar-refractivity contribution in [2.45, 2.75) is 43.9 Å². The van der Waals surface area contributed by atoms with E-state index in [9.17, 15) is 18.0 Å². The van der Waals surface area contributed by atoms with Crippen LogP contribution in [-0.4, -0.2) is 65.7 Å². The summed E-state index contributed by atoms with van der Waals surface area (Å²) in [5.74, 6) is -0.0859. The molecule has 11 heteroatoms. The topological polar surface area (TPSA) is 102 Å². The van der Waals surface area contributed by atoms with Crippen LogP contribution in [0.1, 0.15) is 35.3 Å². The summed E-state index contributed by atoms with van der Waals surface area (Å²) in [6.07, 6.45) is 1.30. The number of fused-ring (bicyclic) bond motifs is 1. The second kappa shape index (κ2) is 9.24. The van der Waals surface area contributed by atoms with Crippen LogP contribution in [0.25, 0.3) is 11.0 Å². The second-order valence-corrected chi connectivity index (χ2v) is 11.1. The van der Waals surface area contributed by atoms with Gasteiger partial charge in [0.05, 0.1) is 20.8 Å². The lowest BCUT2D eigenvalue weighted by molar-refractivity contribution is -0.149. The van der Waals surface area contributed by atoms with Gasteiger partial charge in [-0.2, -0.15) is 0 Å². The molecule has 0 radical (unpaired) electrons. The van der Waals surface area contributed by atoms with Gasteiger partial charge in [0.1, 0.15) is 18.5 Å². The van der Waals surface area contributed by atoms with E-state index < -0.39 is 22.0 Å². The molecule has 1 saturated heterocycles. The normalized spacial score (nSPS) is 16.6. The second-order valence-electron chi connectivity index (χ2n) is 7.95. The first-order valence-electron chi connectivity index (χ1n) is 10.7. The summed E-state index contributed by atoms with van der Waals surface area (Å²) in [7, 11) is -0.633. The fourth-order valence-electron chi connectivity index (χ4n) is 4.02. The van der Waals surface area contributed by atoms with Crippen molar-refractivity contribution < 1.29 is 22.7 Å². The lowest BCUT2D eigenvalue weighted by Crippen LogP contribution is -2.41. The minimum Gasteiger partial charge on any atom is -0.456 e. The van der Waals surface area contributed by atoms with E-state index in [1.54, 1.807) is 23.1 Å². The lowest BCUT2D eigenvalue weighted by Gasteiger charge is -2.22. The van der Waals surface area contributed by atoms with Gasteiger partial charge in [-0.1, -0.05) is 6.07 Å². The van der Waals surface area contributed by atoms with Crippen LogP contribution in [0.4, 0.5) is 0 Å². The zero-order valence-corrected chi connectivity index (χ0v) is 20.4. The Morgan fingerprint density at radius 2 is 2.06 bits per heavy atom. The SMILES string of the molecule is CCn1c(COC(=O)[C@@H]2CCCN2C(=O)c2cccs2)nc2cc(S(=O)(=O)N(C)C)ccc21. The highest BCUT2D eigenvalue weighted by atomic mass is 32.2. The monoisotopic (exact) mass is 490 g/mol. The smallest absolute Gasteiger partial charge is 0.329 e. The molecule has 1 aliphatic rings. The van der Waals surface area contributed by atoms with E-state index in [1.165, 1.54) is 31.5 Å². The number of aromatic nitrogens is 2. The number of imidazole rings is 1. The molecular formula is C22H26N4O5S2. The largest absolute Gasteiger partial charge is 0.456 e. The van der Waals surface area contributed by atoms with E-state index in [0.29, 0.717) is 35.7 Å². The molecule has 1 aromatic carbocycles. The third kappa shape index (κ3) is 4.40. The molecule has 0 saturated carbocycles. The van der Waals surface area contributed by atoms with Gasteiger partial charge in [0.15, 0.2) is 0 Å². The Kier molecular flexibility index (Phi) is 6.55. The van der Waals surface area contributed by atoms with Crippen molar-refractivity contribution in [2.24, 2.45) is 0 Å². The van der Waals surface area contributed by atoms with Gasteiger partial charge < -0.3 is 14.2 Å². The molecule has 1 aliphatic heterocycles. The molecular weight excluding hydrogens is 464 g/mol. The molecule has 0 aliphatic carbocycles. The number of sulfonamides is 1. The lowest BCUT2D eigenvalue weighted by atomic mass is 10.2. The summed E-state index contributed by atoms with van der Waals surface area (Å²) in [6.45, 7) is 2.98. The standard InChI is InChI=1S/C22H26N4O5S2/c1-4-25-17-10-9-15(33(29,30)24(2)3)13-16(17)23-20(25)14-31-22(28)18-7-5-11-26(18)21(27)19-8-6-12-32-19/h6,8-10,12-13,18H,4-5,7,11,14H2,1-3H3/t18-/m0/s1. The zero-order valence-electron chi connectivity index (χ0n) is 18.7. The Hall–Kier alpha value is -2.76. The molecule has 176 valence electrons. The molecule has 3 aromatic rings. The van der Waals surface area contributed by atoms with E-state index in [4.69, 9.17) is 4.74 Å². The number of nitrogens with zero attached hydrogens (tertiary/aromatic N) is 4. The third-order valence-electron chi connectivity index (χ3n) is 5.75. The number of carbonyl (C=O) groups excluding carboxylic acids is 2.